The van der Waals surface area contributed by atoms with Crippen molar-refractivity contribution in [2.45, 2.75) is 39.7 Å². The number of rotatable bonds is 10. The number of hydrogen-bond acceptors (Lipinski definition) is 7. The number of carbonyl (C=O) groups excluding carboxylic acids is 3. The Kier molecular flexibility index (Phi) is 8.86. The number of hydrogen-bond donors (Lipinski definition) is 0. The lowest BCUT2D eigenvalue weighted by atomic mass is 10.2. The Balaban J connectivity index is 2.92. The van der Waals surface area contributed by atoms with Crippen molar-refractivity contribution in [1.29, 1.82) is 0 Å². The number of ether oxygens (including phenoxy) is 1. The largest absolute Gasteiger partial charge is 0.709 e. The molecular formula is C17H24O7Si. The van der Waals surface area contributed by atoms with Crippen LogP contribution in [0.1, 0.15) is 39.2 Å². The lowest BCUT2D eigenvalue weighted by Crippen LogP contribution is -2.52. The molecule has 0 N–H and O–H groups in total. The van der Waals surface area contributed by atoms with Crippen molar-refractivity contribution in [1.82, 2.24) is 0 Å². The molecule has 0 spiro atoms. The lowest BCUT2D eigenvalue weighted by Gasteiger charge is -2.26. The zero-order chi connectivity index (χ0) is 18.7. The van der Waals surface area contributed by atoms with E-state index in [2.05, 4.69) is 0 Å². The van der Waals surface area contributed by atoms with Gasteiger partial charge in [0.2, 0.25) is 0 Å². The van der Waals surface area contributed by atoms with Crippen LogP contribution in [-0.4, -0.2) is 39.9 Å². The highest BCUT2D eigenvalue weighted by Crippen LogP contribution is 2.18. The summed E-state index contributed by atoms with van der Waals surface area (Å²) in [5, 5.41) is 0. The van der Waals surface area contributed by atoms with Crippen molar-refractivity contribution in [3.63, 3.8) is 0 Å². The Morgan fingerprint density at radius 2 is 1.56 bits per heavy atom. The van der Waals surface area contributed by atoms with Crippen LogP contribution >= 0.6 is 0 Å². The van der Waals surface area contributed by atoms with Crippen LogP contribution in [0.3, 0.4) is 0 Å². The van der Waals surface area contributed by atoms with E-state index in [-0.39, 0.29) is 12.7 Å². The minimum atomic E-state index is -3.92. The van der Waals surface area contributed by atoms with Crippen LogP contribution < -0.4 is 0 Å². The van der Waals surface area contributed by atoms with Crippen LogP contribution in [0.4, 0.5) is 0 Å². The van der Waals surface area contributed by atoms with Gasteiger partial charge in [-0.05, 0) is 12.0 Å². The van der Waals surface area contributed by atoms with E-state index in [9.17, 15) is 14.4 Å². The van der Waals surface area contributed by atoms with Crippen molar-refractivity contribution in [3.8, 4) is 0 Å². The first-order valence-electron chi connectivity index (χ1n) is 8.09. The summed E-state index contributed by atoms with van der Waals surface area (Å²) in [7, 11) is -3.92. The van der Waals surface area contributed by atoms with Gasteiger partial charge in [0.25, 0.3) is 11.9 Å². The molecule has 0 atom stereocenters. The van der Waals surface area contributed by atoms with E-state index >= 15 is 0 Å². The second-order valence-electron chi connectivity index (χ2n) is 5.41. The summed E-state index contributed by atoms with van der Waals surface area (Å²) >= 11 is 0. The van der Waals surface area contributed by atoms with Gasteiger partial charge in [0.1, 0.15) is 6.61 Å². The molecule has 1 aromatic carbocycles. The van der Waals surface area contributed by atoms with Crippen molar-refractivity contribution >= 4 is 26.7 Å². The SMILES string of the molecule is CCCCOCC(=O)O[Si](Cc1ccccc1)(OC(C)=O)OC(C)=O. The Bertz CT molecular complexity index is 558. The van der Waals surface area contributed by atoms with Crippen molar-refractivity contribution in [2.24, 2.45) is 0 Å². The number of benzene rings is 1. The molecular weight excluding hydrogens is 344 g/mol. The molecule has 0 bridgehead atoms. The van der Waals surface area contributed by atoms with E-state index in [0.29, 0.717) is 6.61 Å². The lowest BCUT2D eigenvalue weighted by molar-refractivity contribution is -0.151. The van der Waals surface area contributed by atoms with Crippen molar-refractivity contribution < 1.29 is 32.4 Å². The molecule has 0 saturated carbocycles. The molecule has 0 aliphatic carbocycles. The van der Waals surface area contributed by atoms with E-state index in [0.717, 1.165) is 18.4 Å². The van der Waals surface area contributed by atoms with E-state index in [1.807, 2.05) is 13.0 Å². The second-order valence-corrected chi connectivity index (χ2v) is 7.74. The molecule has 0 radical (unpaired) electrons. The molecule has 0 aliphatic rings. The molecule has 138 valence electrons. The maximum Gasteiger partial charge on any atom is 0.709 e. The predicted octanol–water partition coefficient (Wildman–Crippen LogP) is 2.19. The van der Waals surface area contributed by atoms with E-state index in [1.54, 1.807) is 24.3 Å². The minimum Gasteiger partial charge on any atom is -0.455 e. The first kappa shape index (κ1) is 20.9. The molecule has 0 unspecified atom stereocenters. The maximum absolute atomic E-state index is 12.1. The highest BCUT2D eigenvalue weighted by atomic mass is 28.4. The van der Waals surface area contributed by atoms with Gasteiger partial charge in [0.05, 0.1) is 6.04 Å². The fourth-order valence-corrected chi connectivity index (χ4v) is 4.42. The van der Waals surface area contributed by atoms with Gasteiger partial charge in [-0.15, -0.1) is 0 Å². The van der Waals surface area contributed by atoms with Gasteiger partial charge in [0, 0.05) is 20.5 Å². The highest BCUT2D eigenvalue weighted by Gasteiger charge is 2.52. The molecule has 1 rings (SSSR count). The van der Waals surface area contributed by atoms with Crippen LogP contribution in [0.15, 0.2) is 30.3 Å². The third-order valence-electron chi connectivity index (χ3n) is 2.99. The van der Waals surface area contributed by atoms with Gasteiger partial charge in [0.15, 0.2) is 0 Å². The summed E-state index contributed by atoms with van der Waals surface area (Å²) in [6.45, 7) is 4.45. The average molecular weight is 368 g/mol. The number of carbonyl (C=O) groups is 3. The van der Waals surface area contributed by atoms with Gasteiger partial charge in [-0.3, -0.25) is 14.4 Å². The molecule has 0 fully saturated rings. The van der Waals surface area contributed by atoms with E-state index in [4.69, 9.17) is 18.0 Å². The summed E-state index contributed by atoms with van der Waals surface area (Å²) < 4.78 is 21.0. The Morgan fingerprint density at radius 1 is 0.960 bits per heavy atom. The summed E-state index contributed by atoms with van der Waals surface area (Å²) in [5.74, 6) is -2.12. The van der Waals surface area contributed by atoms with E-state index < -0.39 is 26.7 Å². The van der Waals surface area contributed by atoms with Gasteiger partial charge in [-0.25, -0.2) is 0 Å². The highest BCUT2D eigenvalue weighted by molar-refractivity contribution is 6.65. The minimum absolute atomic E-state index is 0.00764. The maximum atomic E-state index is 12.1. The third kappa shape index (κ3) is 8.46. The zero-order valence-corrected chi connectivity index (χ0v) is 15.8. The third-order valence-corrected chi connectivity index (χ3v) is 5.57. The first-order chi connectivity index (χ1) is 11.9. The fourth-order valence-electron chi connectivity index (χ4n) is 2.06. The van der Waals surface area contributed by atoms with Gasteiger partial charge >= 0.3 is 14.8 Å². The summed E-state index contributed by atoms with van der Waals surface area (Å²) in [5.41, 5.74) is 0.719. The van der Waals surface area contributed by atoms with Crippen LogP contribution in [0.25, 0.3) is 0 Å². The topological polar surface area (TPSA) is 88.1 Å². The predicted molar refractivity (Wildman–Crippen MR) is 91.3 cm³/mol. The molecule has 0 aliphatic heterocycles. The smallest absolute Gasteiger partial charge is 0.455 e. The van der Waals surface area contributed by atoms with Crippen molar-refractivity contribution in [2.75, 3.05) is 13.2 Å². The molecule has 0 heterocycles. The normalized spacial score (nSPS) is 10.8. The quantitative estimate of drug-likeness (QED) is 0.462. The summed E-state index contributed by atoms with van der Waals surface area (Å²) in [6, 6.07) is 8.92. The summed E-state index contributed by atoms with van der Waals surface area (Å²) in [4.78, 5) is 35.1. The standard InChI is InChI=1S/C17H24O7Si/c1-4-5-11-21-12-17(20)24-25(22-14(2)18,23-15(3)19)13-16-9-7-6-8-10-16/h6-10H,4-5,11-13H2,1-3H3. The molecule has 7 nitrogen and oxygen atoms in total. The first-order valence-corrected chi connectivity index (χ1v) is 10.0. The van der Waals surface area contributed by atoms with Crippen LogP contribution in [0, 0.1) is 0 Å². The van der Waals surface area contributed by atoms with Gasteiger partial charge < -0.3 is 18.0 Å². The van der Waals surface area contributed by atoms with Crippen LogP contribution in [0.2, 0.25) is 0 Å². The molecule has 8 heteroatoms. The Morgan fingerprint density at radius 3 is 2.08 bits per heavy atom. The summed E-state index contributed by atoms with van der Waals surface area (Å²) in [6.07, 6.45) is 1.75. The van der Waals surface area contributed by atoms with Crippen LogP contribution in [0.5, 0.6) is 0 Å². The van der Waals surface area contributed by atoms with Gasteiger partial charge in [-0.2, -0.15) is 0 Å². The van der Waals surface area contributed by atoms with Gasteiger partial charge in [-0.1, -0.05) is 43.7 Å². The molecule has 0 aromatic heterocycles. The zero-order valence-electron chi connectivity index (χ0n) is 14.8. The van der Waals surface area contributed by atoms with Crippen molar-refractivity contribution in [3.05, 3.63) is 35.9 Å². The fraction of sp³-hybridized carbons (Fsp3) is 0.471. The average Bonchev–Trinajstić information content (AvgIpc) is 2.51. The van der Waals surface area contributed by atoms with Crippen LogP contribution in [-0.2, 0) is 38.4 Å². The molecule has 0 saturated heterocycles. The Labute approximate surface area is 148 Å². The van der Waals surface area contributed by atoms with E-state index in [1.165, 1.54) is 13.8 Å². The molecule has 25 heavy (non-hydrogen) atoms. The molecule has 0 amide bonds. The second kappa shape index (κ2) is 10.6. The molecule has 1 aromatic rings. The monoisotopic (exact) mass is 368 g/mol. The number of unbranched alkanes of at least 4 members (excludes halogenated alkanes) is 1. The Hall–Kier alpha value is -2.19.